The molecule has 0 aliphatic carbocycles. The summed E-state index contributed by atoms with van der Waals surface area (Å²) in [4.78, 5) is 13.9. The Morgan fingerprint density at radius 2 is 1.84 bits per heavy atom. The molecule has 0 radical (unpaired) electrons. The van der Waals surface area contributed by atoms with Gasteiger partial charge in [0.1, 0.15) is 5.82 Å². The lowest BCUT2D eigenvalue weighted by atomic mass is 10.0. The zero-order valence-corrected chi connectivity index (χ0v) is 9.85. The van der Waals surface area contributed by atoms with Crippen molar-refractivity contribution < 1.29 is 14.3 Å². The van der Waals surface area contributed by atoms with Gasteiger partial charge < -0.3 is 10.1 Å². The number of carboxylic acid groups (broad SMARTS) is 1. The molecule has 3 aromatic rings. The van der Waals surface area contributed by atoms with Crippen LogP contribution >= 0.6 is 0 Å². The maximum Gasteiger partial charge on any atom is 0.335 e. The molecule has 0 amide bonds. The third-order valence-electron chi connectivity index (χ3n) is 3.09. The Kier molecular flexibility index (Phi) is 2.56. The van der Waals surface area contributed by atoms with E-state index in [0.717, 1.165) is 22.0 Å². The van der Waals surface area contributed by atoms with Gasteiger partial charge in [-0.15, -0.1) is 0 Å². The summed E-state index contributed by atoms with van der Waals surface area (Å²) < 4.78 is 13.3. The van der Waals surface area contributed by atoms with Crippen molar-refractivity contribution >= 4 is 16.9 Å². The first-order valence-electron chi connectivity index (χ1n) is 5.75. The normalized spacial score (nSPS) is 10.8. The van der Waals surface area contributed by atoms with Gasteiger partial charge in [-0.1, -0.05) is 12.1 Å². The van der Waals surface area contributed by atoms with E-state index in [1.54, 1.807) is 24.4 Å². The van der Waals surface area contributed by atoms with Crippen LogP contribution in [0.5, 0.6) is 0 Å². The molecule has 0 atom stereocenters. The Morgan fingerprint density at radius 3 is 2.53 bits per heavy atom. The van der Waals surface area contributed by atoms with E-state index in [0.29, 0.717) is 0 Å². The fourth-order valence-electron chi connectivity index (χ4n) is 2.12. The van der Waals surface area contributed by atoms with Crippen LogP contribution < -0.4 is 0 Å². The fourth-order valence-corrected chi connectivity index (χ4v) is 2.12. The van der Waals surface area contributed by atoms with Crippen LogP contribution in [0.15, 0.2) is 48.7 Å². The molecular formula is C15H10FNO2. The number of H-pyrrole nitrogens is 1. The smallest absolute Gasteiger partial charge is 0.335 e. The van der Waals surface area contributed by atoms with Crippen LogP contribution in [0, 0.1) is 5.82 Å². The molecular weight excluding hydrogens is 245 g/mol. The van der Waals surface area contributed by atoms with Crippen molar-refractivity contribution in [3.8, 4) is 11.1 Å². The number of rotatable bonds is 2. The number of hydrogen-bond acceptors (Lipinski definition) is 1. The molecule has 0 spiro atoms. The summed E-state index contributed by atoms with van der Waals surface area (Å²) in [5.41, 5.74) is 2.78. The standard InChI is InChI=1S/C15H10FNO2/c16-11-5-6-14-12(7-11)13(8-17-14)9-1-3-10(4-2-9)15(18)19/h1-8,17H,(H,18,19). The van der Waals surface area contributed by atoms with Gasteiger partial charge in [-0.25, -0.2) is 9.18 Å². The van der Waals surface area contributed by atoms with Crippen molar-refractivity contribution in [2.24, 2.45) is 0 Å². The molecule has 2 N–H and O–H groups in total. The molecule has 94 valence electrons. The predicted octanol–water partition coefficient (Wildman–Crippen LogP) is 3.67. The summed E-state index contributed by atoms with van der Waals surface area (Å²) in [6.07, 6.45) is 1.79. The van der Waals surface area contributed by atoms with E-state index in [-0.39, 0.29) is 11.4 Å². The molecule has 0 unspecified atom stereocenters. The first-order valence-corrected chi connectivity index (χ1v) is 5.75. The summed E-state index contributed by atoms with van der Waals surface area (Å²) in [6, 6.07) is 11.1. The highest BCUT2D eigenvalue weighted by molar-refractivity contribution is 5.96. The highest BCUT2D eigenvalue weighted by atomic mass is 19.1. The number of carbonyl (C=O) groups is 1. The second-order valence-corrected chi connectivity index (χ2v) is 4.27. The van der Waals surface area contributed by atoms with E-state index in [9.17, 15) is 9.18 Å². The zero-order chi connectivity index (χ0) is 13.4. The van der Waals surface area contributed by atoms with Crippen LogP contribution in [0.4, 0.5) is 4.39 Å². The Bertz CT molecular complexity index is 759. The SMILES string of the molecule is O=C(O)c1ccc(-c2c[nH]c3ccc(F)cc23)cc1. The molecule has 0 aliphatic heterocycles. The molecule has 19 heavy (non-hydrogen) atoms. The minimum absolute atomic E-state index is 0.231. The van der Waals surface area contributed by atoms with Crippen molar-refractivity contribution in [3.63, 3.8) is 0 Å². The number of aromatic carboxylic acids is 1. The predicted molar refractivity (Wildman–Crippen MR) is 70.7 cm³/mol. The Morgan fingerprint density at radius 1 is 1.11 bits per heavy atom. The van der Waals surface area contributed by atoms with Gasteiger partial charge in [-0.3, -0.25) is 0 Å². The highest BCUT2D eigenvalue weighted by Gasteiger charge is 2.08. The third-order valence-corrected chi connectivity index (χ3v) is 3.09. The van der Waals surface area contributed by atoms with Crippen LogP contribution in [-0.2, 0) is 0 Å². The summed E-state index contributed by atoms with van der Waals surface area (Å²) in [5.74, 6) is -1.26. The van der Waals surface area contributed by atoms with E-state index in [4.69, 9.17) is 5.11 Å². The van der Waals surface area contributed by atoms with Gasteiger partial charge in [0.05, 0.1) is 5.56 Å². The summed E-state index contributed by atoms with van der Waals surface area (Å²) in [7, 11) is 0. The number of hydrogen-bond donors (Lipinski definition) is 2. The molecule has 2 aromatic carbocycles. The largest absolute Gasteiger partial charge is 0.478 e. The Labute approximate surface area is 108 Å². The second kappa shape index (κ2) is 4.24. The van der Waals surface area contributed by atoms with Crippen LogP contribution in [0.25, 0.3) is 22.0 Å². The van der Waals surface area contributed by atoms with E-state index in [1.807, 2.05) is 0 Å². The summed E-state index contributed by atoms with van der Waals surface area (Å²) in [5, 5.41) is 9.64. The fraction of sp³-hybridized carbons (Fsp3) is 0. The van der Waals surface area contributed by atoms with Crippen LogP contribution in [0.3, 0.4) is 0 Å². The molecule has 1 heterocycles. The lowest BCUT2D eigenvalue weighted by Crippen LogP contribution is -1.94. The zero-order valence-electron chi connectivity index (χ0n) is 9.85. The molecule has 1 aromatic heterocycles. The van der Waals surface area contributed by atoms with E-state index >= 15 is 0 Å². The minimum atomic E-state index is -0.962. The average molecular weight is 255 g/mol. The number of carboxylic acids is 1. The van der Waals surface area contributed by atoms with Crippen LogP contribution in [-0.4, -0.2) is 16.1 Å². The molecule has 4 heteroatoms. The lowest BCUT2D eigenvalue weighted by molar-refractivity contribution is 0.0697. The van der Waals surface area contributed by atoms with Gasteiger partial charge in [0, 0.05) is 22.7 Å². The number of aromatic amines is 1. The average Bonchev–Trinajstić information content (AvgIpc) is 2.81. The third kappa shape index (κ3) is 1.97. The molecule has 0 saturated heterocycles. The number of aromatic nitrogens is 1. The van der Waals surface area contributed by atoms with Crippen molar-refractivity contribution in [3.05, 3.63) is 60.0 Å². The maximum absolute atomic E-state index is 13.3. The van der Waals surface area contributed by atoms with E-state index < -0.39 is 5.97 Å². The topological polar surface area (TPSA) is 53.1 Å². The highest BCUT2D eigenvalue weighted by Crippen LogP contribution is 2.29. The molecule has 0 saturated carbocycles. The molecule has 0 bridgehead atoms. The van der Waals surface area contributed by atoms with Crippen LogP contribution in [0.2, 0.25) is 0 Å². The molecule has 3 nitrogen and oxygen atoms in total. The number of halogens is 1. The number of benzene rings is 2. The summed E-state index contributed by atoms with van der Waals surface area (Å²) in [6.45, 7) is 0. The van der Waals surface area contributed by atoms with Gasteiger partial charge in [0.25, 0.3) is 0 Å². The number of nitrogens with one attached hydrogen (secondary N) is 1. The monoisotopic (exact) mass is 255 g/mol. The van der Waals surface area contributed by atoms with Gasteiger partial charge in [0.2, 0.25) is 0 Å². The van der Waals surface area contributed by atoms with E-state index in [2.05, 4.69) is 4.98 Å². The van der Waals surface area contributed by atoms with Crippen molar-refractivity contribution in [2.75, 3.05) is 0 Å². The maximum atomic E-state index is 13.3. The van der Waals surface area contributed by atoms with Gasteiger partial charge >= 0.3 is 5.97 Å². The summed E-state index contributed by atoms with van der Waals surface area (Å²) >= 11 is 0. The van der Waals surface area contributed by atoms with Crippen molar-refractivity contribution in [2.45, 2.75) is 0 Å². The molecule has 3 rings (SSSR count). The first kappa shape index (κ1) is 11.5. The Balaban J connectivity index is 2.13. The second-order valence-electron chi connectivity index (χ2n) is 4.27. The molecule has 0 fully saturated rings. The van der Waals surface area contributed by atoms with Crippen LogP contribution in [0.1, 0.15) is 10.4 Å². The van der Waals surface area contributed by atoms with Gasteiger partial charge in [-0.2, -0.15) is 0 Å². The molecule has 0 aliphatic rings. The van der Waals surface area contributed by atoms with Crippen molar-refractivity contribution in [1.82, 2.24) is 4.98 Å². The quantitative estimate of drug-likeness (QED) is 0.734. The van der Waals surface area contributed by atoms with Crippen molar-refractivity contribution in [1.29, 1.82) is 0 Å². The first-order chi connectivity index (χ1) is 9.15. The van der Waals surface area contributed by atoms with Gasteiger partial charge in [-0.05, 0) is 35.9 Å². The van der Waals surface area contributed by atoms with Gasteiger partial charge in [0.15, 0.2) is 0 Å². The minimum Gasteiger partial charge on any atom is -0.478 e. The number of fused-ring (bicyclic) bond motifs is 1. The van der Waals surface area contributed by atoms with E-state index in [1.165, 1.54) is 24.3 Å². The Hall–Kier alpha value is -2.62. The lowest BCUT2D eigenvalue weighted by Gasteiger charge is -2.01.